The van der Waals surface area contributed by atoms with Gasteiger partial charge in [-0.1, -0.05) is 24.5 Å². The molecule has 0 bridgehead atoms. The lowest BCUT2D eigenvalue weighted by atomic mass is 9.87. The first-order valence-corrected chi connectivity index (χ1v) is 10.7. The van der Waals surface area contributed by atoms with Crippen molar-refractivity contribution in [2.45, 2.75) is 82.1 Å². The van der Waals surface area contributed by atoms with Gasteiger partial charge in [0.15, 0.2) is 0 Å². The summed E-state index contributed by atoms with van der Waals surface area (Å²) in [4.78, 5) is 13.8. The number of hydrogen-bond acceptors (Lipinski definition) is 6. The number of hydrogen-bond donors (Lipinski definition) is 2. The van der Waals surface area contributed by atoms with Gasteiger partial charge in [-0.2, -0.15) is 0 Å². The van der Waals surface area contributed by atoms with Crippen LogP contribution in [0.4, 0.5) is 0 Å². The van der Waals surface area contributed by atoms with E-state index in [-0.39, 0.29) is 30.8 Å². The quantitative estimate of drug-likeness (QED) is 0.692. The Hall–Kier alpha value is -1.51. The molecule has 2 aliphatic rings. The van der Waals surface area contributed by atoms with Crippen LogP contribution in [-0.2, 0) is 16.1 Å². The summed E-state index contributed by atoms with van der Waals surface area (Å²) >= 11 is 0. The van der Waals surface area contributed by atoms with Crippen molar-refractivity contribution in [2.24, 2.45) is 0 Å². The van der Waals surface area contributed by atoms with E-state index < -0.39 is 0 Å². The highest BCUT2D eigenvalue weighted by Crippen LogP contribution is 2.31. The second-order valence-corrected chi connectivity index (χ2v) is 8.50. The van der Waals surface area contributed by atoms with Gasteiger partial charge in [-0.05, 0) is 46.2 Å². The number of likely N-dealkylation sites (N-methyl/N-ethyl adjacent to an activating group) is 1. The van der Waals surface area contributed by atoms with E-state index in [1.54, 1.807) is 0 Å². The average molecular weight is 394 g/mol. The van der Waals surface area contributed by atoms with Gasteiger partial charge in [0.25, 0.3) is 0 Å². The van der Waals surface area contributed by atoms with Crippen molar-refractivity contribution in [2.75, 3.05) is 27.2 Å². The van der Waals surface area contributed by atoms with Gasteiger partial charge >= 0.3 is 0 Å². The van der Waals surface area contributed by atoms with Gasteiger partial charge in [-0.15, -0.1) is 5.10 Å². The molecular weight excluding hydrogens is 358 g/mol. The molecule has 28 heavy (non-hydrogen) atoms. The Morgan fingerprint density at radius 3 is 2.79 bits per heavy atom. The summed E-state index contributed by atoms with van der Waals surface area (Å²) in [5.74, 6) is 0.534. The van der Waals surface area contributed by atoms with Crippen LogP contribution in [0.1, 0.15) is 63.0 Å². The minimum atomic E-state index is -0.349. The number of aryl methyl sites for hydroxylation is 1. The molecule has 158 valence electrons. The van der Waals surface area contributed by atoms with Crippen LogP contribution in [0.2, 0.25) is 0 Å². The maximum atomic E-state index is 12.0. The van der Waals surface area contributed by atoms with Gasteiger partial charge in [-0.25, -0.2) is 0 Å². The Morgan fingerprint density at radius 2 is 2.07 bits per heavy atom. The number of aliphatic hydroxyl groups excluding tert-OH is 1. The smallest absolute Gasteiger partial charge is 0.234 e. The first-order chi connectivity index (χ1) is 13.5. The molecule has 8 heteroatoms. The van der Waals surface area contributed by atoms with E-state index in [2.05, 4.69) is 21.8 Å². The predicted molar refractivity (Wildman–Crippen MR) is 106 cm³/mol. The Morgan fingerprint density at radius 1 is 1.29 bits per heavy atom. The molecule has 0 radical (unpaired) electrons. The topological polar surface area (TPSA) is 92.5 Å². The summed E-state index contributed by atoms with van der Waals surface area (Å²) in [7, 11) is 3.72. The second-order valence-electron chi connectivity index (χ2n) is 8.50. The third-order valence-electron chi connectivity index (χ3n) is 5.86. The normalized spacial score (nSPS) is 26.5. The van der Waals surface area contributed by atoms with Crippen LogP contribution in [0.3, 0.4) is 0 Å². The molecule has 1 aliphatic carbocycles. The van der Waals surface area contributed by atoms with E-state index in [4.69, 9.17) is 4.74 Å². The number of rotatable bonds is 8. The molecule has 3 atom stereocenters. The van der Waals surface area contributed by atoms with E-state index in [1.165, 1.54) is 32.1 Å². The van der Waals surface area contributed by atoms with E-state index in [0.717, 1.165) is 31.5 Å². The second kappa shape index (κ2) is 10.3. The Labute approximate surface area is 167 Å². The Kier molecular flexibility index (Phi) is 7.82. The van der Waals surface area contributed by atoms with Crippen LogP contribution in [-0.4, -0.2) is 76.4 Å². The lowest BCUT2D eigenvalue weighted by Crippen LogP contribution is -2.52. The SMILES string of the molecule is CN(C)CC(=O)N[C@H]1CC[C@@H](CCn2cc(C3CCCCC3)nn2)O[C@@H]1CO. The molecule has 0 unspecified atom stereocenters. The van der Waals surface area contributed by atoms with Crippen molar-refractivity contribution in [3.63, 3.8) is 0 Å². The third-order valence-corrected chi connectivity index (χ3v) is 5.86. The van der Waals surface area contributed by atoms with E-state index in [9.17, 15) is 9.90 Å². The molecule has 2 heterocycles. The molecule has 1 aromatic heterocycles. The molecule has 0 aromatic carbocycles. The molecule has 1 amide bonds. The zero-order valence-corrected chi connectivity index (χ0v) is 17.2. The molecule has 2 N–H and O–H groups in total. The van der Waals surface area contributed by atoms with Gasteiger partial charge < -0.3 is 20.1 Å². The molecule has 1 saturated heterocycles. The van der Waals surface area contributed by atoms with Crippen molar-refractivity contribution in [1.29, 1.82) is 0 Å². The molecule has 1 saturated carbocycles. The molecule has 0 spiro atoms. The summed E-state index contributed by atoms with van der Waals surface area (Å²) in [6.07, 6.45) is 10.7. The zero-order chi connectivity index (χ0) is 19.9. The summed E-state index contributed by atoms with van der Waals surface area (Å²) in [6.45, 7) is 1.02. The van der Waals surface area contributed by atoms with Crippen molar-refractivity contribution in [1.82, 2.24) is 25.2 Å². The standard InChI is InChI=1S/C20H35N5O3/c1-24(2)13-20(27)21-17-9-8-16(28-19(17)14-26)10-11-25-12-18(22-23-25)15-6-4-3-5-7-15/h12,15-17,19,26H,3-11,13-14H2,1-2H3,(H,21,27)/t16-,17-,19+/m0/s1. The molecule has 1 aromatic rings. The zero-order valence-electron chi connectivity index (χ0n) is 17.2. The van der Waals surface area contributed by atoms with Gasteiger partial charge in [-0.3, -0.25) is 9.48 Å². The minimum absolute atomic E-state index is 0.0339. The monoisotopic (exact) mass is 393 g/mol. The summed E-state index contributed by atoms with van der Waals surface area (Å²) < 4.78 is 7.98. The fraction of sp³-hybridized carbons (Fsp3) is 0.850. The average Bonchev–Trinajstić information content (AvgIpc) is 3.16. The maximum Gasteiger partial charge on any atom is 0.234 e. The van der Waals surface area contributed by atoms with Crippen LogP contribution in [0.25, 0.3) is 0 Å². The Bertz CT molecular complexity index is 615. The lowest BCUT2D eigenvalue weighted by Gasteiger charge is -2.36. The number of nitrogens with zero attached hydrogens (tertiary/aromatic N) is 4. The highest BCUT2D eigenvalue weighted by molar-refractivity contribution is 5.78. The third kappa shape index (κ3) is 5.99. The number of amides is 1. The highest BCUT2D eigenvalue weighted by Gasteiger charge is 2.31. The molecular formula is C20H35N5O3. The molecule has 1 aliphatic heterocycles. The first kappa shape index (κ1) is 21.2. The van der Waals surface area contributed by atoms with Gasteiger partial charge in [0, 0.05) is 18.7 Å². The van der Waals surface area contributed by atoms with Crippen molar-refractivity contribution >= 4 is 5.91 Å². The number of aromatic nitrogens is 3. The number of carbonyl (C=O) groups excluding carboxylic acids is 1. The lowest BCUT2D eigenvalue weighted by molar-refractivity contribution is -0.129. The van der Waals surface area contributed by atoms with Gasteiger partial charge in [0.2, 0.25) is 5.91 Å². The first-order valence-electron chi connectivity index (χ1n) is 10.7. The van der Waals surface area contributed by atoms with E-state index in [1.807, 2.05) is 23.7 Å². The Balaban J connectivity index is 1.44. The van der Waals surface area contributed by atoms with Crippen LogP contribution in [0.5, 0.6) is 0 Å². The number of carbonyl (C=O) groups is 1. The van der Waals surface area contributed by atoms with E-state index in [0.29, 0.717) is 12.5 Å². The largest absolute Gasteiger partial charge is 0.394 e. The molecule has 2 fully saturated rings. The van der Waals surface area contributed by atoms with E-state index >= 15 is 0 Å². The fourth-order valence-electron chi connectivity index (χ4n) is 4.33. The van der Waals surface area contributed by atoms with Crippen LogP contribution >= 0.6 is 0 Å². The summed E-state index contributed by atoms with van der Waals surface area (Å²) in [6, 6.07) is -0.127. The fourth-order valence-corrected chi connectivity index (χ4v) is 4.33. The molecule has 8 nitrogen and oxygen atoms in total. The van der Waals surface area contributed by atoms with Gasteiger partial charge in [0.1, 0.15) is 6.10 Å². The summed E-state index contributed by atoms with van der Waals surface area (Å²) in [5.41, 5.74) is 1.13. The number of nitrogens with one attached hydrogen (secondary N) is 1. The van der Waals surface area contributed by atoms with Crippen molar-refractivity contribution in [3.8, 4) is 0 Å². The van der Waals surface area contributed by atoms with Crippen molar-refractivity contribution < 1.29 is 14.6 Å². The van der Waals surface area contributed by atoms with Crippen LogP contribution in [0.15, 0.2) is 6.20 Å². The molecule has 3 rings (SSSR count). The maximum absolute atomic E-state index is 12.0. The van der Waals surface area contributed by atoms with Crippen LogP contribution < -0.4 is 5.32 Å². The number of ether oxygens (including phenoxy) is 1. The summed E-state index contributed by atoms with van der Waals surface area (Å²) in [5, 5.41) is 21.4. The predicted octanol–water partition coefficient (Wildman–Crippen LogP) is 1.30. The van der Waals surface area contributed by atoms with Gasteiger partial charge in [0.05, 0.1) is 31.0 Å². The highest BCUT2D eigenvalue weighted by atomic mass is 16.5. The number of aliphatic hydroxyl groups is 1. The minimum Gasteiger partial charge on any atom is -0.394 e. The van der Waals surface area contributed by atoms with Crippen LogP contribution in [0, 0.1) is 0 Å². The van der Waals surface area contributed by atoms with Crippen molar-refractivity contribution in [3.05, 3.63) is 11.9 Å².